The summed E-state index contributed by atoms with van der Waals surface area (Å²) in [7, 11) is 3.54. The number of pyridine rings is 1. The molecule has 0 N–H and O–H groups in total. The Morgan fingerprint density at radius 2 is 2.00 bits per heavy atom. The largest absolute Gasteiger partial charge is 0.497 e. The van der Waals surface area contributed by atoms with Gasteiger partial charge in [0, 0.05) is 43.5 Å². The maximum absolute atomic E-state index is 12.7. The van der Waals surface area contributed by atoms with Crippen LogP contribution in [0.15, 0.2) is 55.0 Å². The molecule has 7 nitrogen and oxygen atoms in total. The monoisotopic (exact) mass is 406 g/mol. The van der Waals surface area contributed by atoms with Gasteiger partial charge in [0.05, 0.1) is 32.2 Å². The van der Waals surface area contributed by atoms with Crippen molar-refractivity contribution in [1.82, 2.24) is 19.7 Å². The van der Waals surface area contributed by atoms with Crippen LogP contribution in [0.1, 0.15) is 23.8 Å². The number of hydrogen-bond donors (Lipinski definition) is 0. The van der Waals surface area contributed by atoms with Gasteiger partial charge in [0.15, 0.2) is 0 Å². The van der Waals surface area contributed by atoms with Gasteiger partial charge in [-0.25, -0.2) is 0 Å². The van der Waals surface area contributed by atoms with Crippen LogP contribution in [0, 0.1) is 0 Å². The Balaban J connectivity index is 1.34. The van der Waals surface area contributed by atoms with Crippen molar-refractivity contribution >= 4 is 5.91 Å². The van der Waals surface area contributed by atoms with E-state index in [9.17, 15) is 4.79 Å². The third-order valence-electron chi connectivity index (χ3n) is 5.36. The Morgan fingerprint density at radius 3 is 2.67 bits per heavy atom. The number of ether oxygens (including phenoxy) is 2. The Kier molecular flexibility index (Phi) is 6.09. The summed E-state index contributed by atoms with van der Waals surface area (Å²) in [6.45, 7) is 1.66. The molecule has 2 aromatic heterocycles. The lowest BCUT2D eigenvalue weighted by Crippen LogP contribution is -2.42. The zero-order valence-corrected chi connectivity index (χ0v) is 17.3. The second-order valence-corrected chi connectivity index (χ2v) is 7.42. The van der Waals surface area contributed by atoms with Crippen molar-refractivity contribution in [2.45, 2.75) is 18.9 Å². The number of amides is 1. The number of benzene rings is 1. The average molecular weight is 406 g/mol. The first kappa shape index (κ1) is 20.1. The van der Waals surface area contributed by atoms with Crippen LogP contribution in [0.2, 0.25) is 0 Å². The summed E-state index contributed by atoms with van der Waals surface area (Å²) < 4.78 is 12.8. The second kappa shape index (κ2) is 9.09. The Bertz CT molecular complexity index is 982. The van der Waals surface area contributed by atoms with Crippen LogP contribution < -0.4 is 4.74 Å². The van der Waals surface area contributed by atoms with E-state index < -0.39 is 0 Å². The molecule has 1 aromatic carbocycles. The quantitative estimate of drug-likeness (QED) is 0.629. The number of aryl methyl sites for hydroxylation is 2. The summed E-state index contributed by atoms with van der Waals surface area (Å²) in [5, 5.41) is 4.20. The number of methoxy groups -OCH3 is 1. The molecule has 3 heterocycles. The van der Waals surface area contributed by atoms with Crippen LogP contribution in [0.25, 0.3) is 11.1 Å². The molecule has 0 radical (unpaired) electrons. The lowest BCUT2D eigenvalue weighted by Gasteiger charge is -2.32. The van der Waals surface area contributed by atoms with E-state index in [1.54, 1.807) is 11.8 Å². The van der Waals surface area contributed by atoms with Crippen molar-refractivity contribution in [3.63, 3.8) is 0 Å². The fourth-order valence-corrected chi connectivity index (χ4v) is 3.59. The van der Waals surface area contributed by atoms with Gasteiger partial charge in [-0.15, -0.1) is 0 Å². The van der Waals surface area contributed by atoms with Gasteiger partial charge in [-0.2, -0.15) is 5.10 Å². The van der Waals surface area contributed by atoms with E-state index >= 15 is 0 Å². The number of nitrogens with zero attached hydrogens (tertiary/aromatic N) is 4. The van der Waals surface area contributed by atoms with Crippen molar-refractivity contribution < 1.29 is 14.3 Å². The minimum Gasteiger partial charge on any atom is -0.497 e. The van der Waals surface area contributed by atoms with Crippen LogP contribution in [0.3, 0.4) is 0 Å². The molecule has 1 saturated heterocycles. The number of carbonyl (C=O) groups is 1. The Labute approximate surface area is 176 Å². The van der Waals surface area contributed by atoms with Gasteiger partial charge in [-0.1, -0.05) is 18.2 Å². The van der Waals surface area contributed by atoms with E-state index in [-0.39, 0.29) is 12.0 Å². The molecule has 0 saturated carbocycles. The van der Waals surface area contributed by atoms with E-state index in [0.717, 1.165) is 28.1 Å². The maximum atomic E-state index is 12.7. The van der Waals surface area contributed by atoms with Crippen LogP contribution in [0.5, 0.6) is 5.75 Å². The van der Waals surface area contributed by atoms with Crippen molar-refractivity contribution in [2.75, 3.05) is 26.8 Å². The molecule has 7 heteroatoms. The molecule has 1 amide bonds. The van der Waals surface area contributed by atoms with E-state index in [1.165, 1.54) is 0 Å². The minimum atomic E-state index is -0.202. The molecule has 0 aliphatic carbocycles. The van der Waals surface area contributed by atoms with E-state index in [0.29, 0.717) is 32.5 Å². The Hall–Kier alpha value is -3.19. The Morgan fingerprint density at radius 1 is 1.17 bits per heavy atom. The molecule has 156 valence electrons. The molecule has 3 aromatic rings. The van der Waals surface area contributed by atoms with E-state index in [4.69, 9.17) is 9.47 Å². The smallest absolute Gasteiger partial charge is 0.223 e. The van der Waals surface area contributed by atoms with Crippen molar-refractivity contribution in [3.8, 4) is 16.9 Å². The zero-order chi connectivity index (χ0) is 20.9. The molecular weight excluding hydrogens is 380 g/mol. The van der Waals surface area contributed by atoms with E-state index in [2.05, 4.69) is 10.1 Å². The summed E-state index contributed by atoms with van der Waals surface area (Å²) in [6, 6.07) is 11.8. The average Bonchev–Trinajstić information content (AvgIpc) is 3.24. The second-order valence-electron chi connectivity index (χ2n) is 7.42. The summed E-state index contributed by atoms with van der Waals surface area (Å²) in [6.07, 6.45) is 6.59. The minimum absolute atomic E-state index is 0.145. The standard InChI is InChI=1S/C23H26N4O3/c1-26-15-19(14-25-26)18-6-9-21(24-13-18)22-16-27(11-12-30-22)23(28)10-5-17-3-7-20(29-2)8-4-17/h3-4,6-9,13-15,22H,5,10-12,16H2,1-2H3/t22-/m0/s1. The predicted octanol–water partition coefficient (Wildman–Crippen LogP) is 3.02. The molecular formula is C23H26N4O3. The molecule has 0 spiro atoms. The fourth-order valence-electron chi connectivity index (χ4n) is 3.59. The molecule has 1 aliphatic rings. The normalized spacial score (nSPS) is 16.5. The maximum Gasteiger partial charge on any atom is 0.223 e. The molecule has 4 rings (SSSR count). The summed E-state index contributed by atoms with van der Waals surface area (Å²) in [5.74, 6) is 0.967. The first-order chi connectivity index (χ1) is 14.6. The third kappa shape index (κ3) is 4.68. The van der Waals surface area contributed by atoms with Gasteiger partial charge >= 0.3 is 0 Å². The van der Waals surface area contributed by atoms with Gasteiger partial charge in [0.1, 0.15) is 11.9 Å². The van der Waals surface area contributed by atoms with Gasteiger partial charge in [0.2, 0.25) is 5.91 Å². The highest BCUT2D eigenvalue weighted by Crippen LogP contribution is 2.24. The topological polar surface area (TPSA) is 69.5 Å². The molecule has 0 bridgehead atoms. The molecule has 1 atom stereocenters. The molecule has 1 fully saturated rings. The molecule has 0 unspecified atom stereocenters. The van der Waals surface area contributed by atoms with Crippen molar-refractivity contribution in [1.29, 1.82) is 0 Å². The van der Waals surface area contributed by atoms with Crippen LogP contribution >= 0.6 is 0 Å². The van der Waals surface area contributed by atoms with Gasteiger partial charge < -0.3 is 14.4 Å². The lowest BCUT2D eigenvalue weighted by atomic mass is 10.1. The number of carbonyl (C=O) groups excluding carboxylic acids is 1. The summed E-state index contributed by atoms with van der Waals surface area (Å²) in [4.78, 5) is 19.2. The van der Waals surface area contributed by atoms with Gasteiger partial charge in [-0.3, -0.25) is 14.5 Å². The highest BCUT2D eigenvalue weighted by atomic mass is 16.5. The molecule has 1 aliphatic heterocycles. The summed E-state index contributed by atoms with van der Waals surface area (Å²) >= 11 is 0. The molecule has 30 heavy (non-hydrogen) atoms. The van der Waals surface area contributed by atoms with Gasteiger partial charge in [0.25, 0.3) is 0 Å². The zero-order valence-electron chi connectivity index (χ0n) is 17.3. The highest BCUT2D eigenvalue weighted by Gasteiger charge is 2.26. The SMILES string of the molecule is COc1ccc(CCC(=O)N2CCO[C@H](c3ccc(-c4cnn(C)c4)cn3)C2)cc1. The van der Waals surface area contributed by atoms with Crippen molar-refractivity contribution in [3.05, 3.63) is 66.2 Å². The fraction of sp³-hybridized carbons (Fsp3) is 0.348. The number of aromatic nitrogens is 3. The number of hydrogen-bond acceptors (Lipinski definition) is 5. The van der Waals surface area contributed by atoms with Crippen LogP contribution in [0.4, 0.5) is 0 Å². The number of rotatable bonds is 6. The lowest BCUT2D eigenvalue weighted by molar-refractivity contribution is -0.139. The van der Waals surface area contributed by atoms with Gasteiger partial charge in [-0.05, 0) is 30.2 Å². The first-order valence-electron chi connectivity index (χ1n) is 10.1. The van der Waals surface area contributed by atoms with E-state index in [1.807, 2.05) is 66.9 Å². The van der Waals surface area contributed by atoms with Crippen molar-refractivity contribution in [2.24, 2.45) is 7.05 Å². The number of morpholine rings is 1. The first-order valence-corrected chi connectivity index (χ1v) is 10.1. The summed E-state index contributed by atoms with van der Waals surface area (Å²) in [5.41, 5.74) is 4.00. The van der Waals surface area contributed by atoms with Crippen LogP contribution in [-0.2, 0) is 23.0 Å². The predicted molar refractivity (Wildman–Crippen MR) is 113 cm³/mol. The third-order valence-corrected chi connectivity index (χ3v) is 5.36. The van der Waals surface area contributed by atoms with Crippen LogP contribution in [-0.4, -0.2) is 52.4 Å². The highest BCUT2D eigenvalue weighted by molar-refractivity contribution is 5.76.